The second-order valence-electron chi connectivity index (χ2n) is 4.21. The lowest BCUT2D eigenvalue weighted by atomic mass is 10.2. The number of likely N-dealkylation sites (tertiary alicyclic amines) is 1. The minimum absolute atomic E-state index is 0.347. The van der Waals surface area contributed by atoms with Crippen molar-refractivity contribution in [2.24, 2.45) is 0 Å². The fraction of sp³-hybridized carbons (Fsp3) is 1.00. The standard InChI is InChI=1S/C11H23NO2/c1-10(2)14-9-11-5-4-6-12(11)7-8-13-3/h10-11H,4-9H2,1-3H3. The Morgan fingerprint density at radius 2 is 2.21 bits per heavy atom. The van der Waals surface area contributed by atoms with E-state index in [4.69, 9.17) is 9.47 Å². The van der Waals surface area contributed by atoms with E-state index in [-0.39, 0.29) is 0 Å². The lowest BCUT2D eigenvalue weighted by Gasteiger charge is -2.24. The summed E-state index contributed by atoms with van der Waals surface area (Å²) in [7, 11) is 1.76. The molecule has 1 saturated heterocycles. The SMILES string of the molecule is COCCN1CCCC1COC(C)C. The van der Waals surface area contributed by atoms with Crippen molar-refractivity contribution in [1.82, 2.24) is 4.90 Å². The van der Waals surface area contributed by atoms with Gasteiger partial charge in [-0.15, -0.1) is 0 Å². The van der Waals surface area contributed by atoms with Crippen molar-refractivity contribution in [1.29, 1.82) is 0 Å². The molecule has 0 bridgehead atoms. The summed E-state index contributed by atoms with van der Waals surface area (Å²) < 4.78 is 10.7. The van der Waals surface area contributed by atoms with Gasteiger partial charge in [-0.05, 0) is 33.2 Å². The van der Waals surface area contributed by atoms with Crippen molar-refractivity contribution in [2.75, 3.05) is 33.4 Å². The van der Waals surface area contributed by atoms with Crippen LogP contribution in [0.15, 0.2) is 0 Å². The summed E-state index contributed by atoms with van der Waals surface area (Å²) in [5.41, 5.74) is 0. The third kappa shape index (κ3) is 3.95. The second kappa shape index (κ2) is 6.38. The zero-order valence-corrected chi connectivity index (χ0v) is 9.66. The molecule has 1 aliphatic rings. The number of ether oxygens (including phenoxy) is 2. The minimum atomic E-state index is 0.347. The van der Waals surface area contributed by atoms with Crippen LogP contribution < -0.4 is 0 Å². The first kappa shape index (κ1) is 12.0. The molecule has 1 atom stereocenters. The molecule has 0 aromatic carbocycles. The molecule has 3 nitrogen and oxygen atoms in total. The van der Waals surface area contributed by atoms with Crippen LogP contribution in [0.25, 0.3) is 0 Å². The second-order valence-corrected chi connectivity index (χ2v) is 4.21. The van der Waals surface area contributed by atoms with Crippen molar-refractivity contribution < 1.29 is 9.47 Å². The van der Waals surface area contributed by atoms with Gasteiger partial charge in [0.05, 0.1) is 19.3 Å². The smallest absolute Gasteiger partial charge is 0.0625 e. The highest BCUT2D eigenvalue weighted by Gasteiger charge is 2.24. The highest BCUT2D eigenvalue weighted by molar-refractivity contribution is 4.78. The van der Waals surface area contributed by atoms with Gasteiger partial charge in [0.1, 0.15) is 0 Å². The van der Waals surface area contributed by atoms with Crippen LogP contribution in [0.5, 0.6) is 0 Å². The topological polar surface area (TPSA) is 21.7 Å². The monoisotopic (exact) mass is 201 g/mol. The molecule has 0 aromatic heterocycles. The molecule has 1 aliphatic heterocycles. The molecule has 1 rings (SSSR count). The minimum Gasteiger partial charge on any atom is -0.383 e. The van der Waals surface area contributed by atoms with Gasteiger partial charge in [-0.3, -0.25) is 4.90 Å². The Labute approximate surface area is 87.4 Å². The third-order valence-electron chi connectivity index (χ3n) is 2.70. The molecule has 14 heavy (non-hydrogen) atoms. The van der Waals surface area contributed by atoms with Crippen molar-refractivity contribution in [3.63, 3.8) is 0 Å². The van der Waals surface area contributed by atoms with Gasteiger partial charge in [0.25, 0.3) is 0 Å². The van der Waals surface area contributed by atoms with Gasteiger partial charge in [0, 0.05) is 19.7 Å². The summed E-state index contributed by atoms with van der Waals surface area (Å²) in [6.07, 6.45) is 2.92. The maximum atomic E-state index is 5.65. The summed E-state index contributed by atoms with van der Waals surface area (Å²) in [6.45, 7) is 8.14. The van der Waals surface area contributed by atoms with Crippen LogP contribution in [-0.2, 0) is 9.47 Å². The summed E-state index contributed by atoms with van der Waals surface area (Å²) in [6, 6.07) is 0.618. The Morgan fingerprint density at radius 1 is 1.43 bits per heavy atom. The first-order chi connectivity index (χ1) is 6.74. The molecule has 0 radical (unpaired) electrons. The van der Waals surface area contributed by atoms with Gasteiger partial charge >= 0.3 is 0 Å². The Hall–Kier alpha value is -0.120. The molecule has 84 valence electrons. The van der Waals surface area contributed by atoms with Gasteiger partial charge in [0.2, 0.25) is 0 Å². The number of nitrogens with zero attached hydrogens (tertiary/aromatic N) is 1. The maximum absolute atomic E-state index is 5.65. The van der Waals surface area contributed by atoms with E-state index in [0.717, 1.165) is 19.8 Å². The van der Waals surface area contributed by atoms with Crippen LogP contribution in [0, 0.1) is 0 Å². The first-order valence-electron chi connectivity index (χ1n) is 5.58. The average molecular weight is 201 g/mol. The zero-order valence-electron chi connectivity index (χ0n) is 9.66. The Bertz CT molecular complexity index is 150. The predicted molar refractivity (Wildman–Crippen MR) is 57.6 cm³/mol. The molecule has 0 aromatic rings. The van der Waals surface area contributed by atoms with E-state index in [0.29, 0.717) is 12.1 Å². The van der Waals surface area contributed by atoms with Crippen LogP contribution in [0.4, 0.5) is 0 Å². The molecule has 0 spiro atoms. The van der Waals surface area contributed by atoms with Crippen LogP contribution in [0.3, 0.4) is 0 Å². The molecule has 0 N–H and O–H groups in total. The molecular formula is C11H23NO2. The van der Waals surface area contributed by atoms with Gasteiger partial charge in [-0.2, -0.15) is 0 Å². The van der Waals surface area contributed by atoms with Crippen molar-refractivity contribution in [3.8, 4) is 0 Å². The van der Waals surface area contributed by atoms with Crippen LogP contribution in [-0.4, -0.2) is 50.5 Å². The zero-order chi connectivity index (χ0) is 10.4. The lowest BCUT2D eigenvalue weighted by Crippen LogP contribution is -2.36. The van der Waals surface area contributed by atoms with E-state index >= 15 is 0 Å². The molecule has 1 fully saturated rings. The number of methoxy groups -OCH3 is 1. The highest BCUT2D eigenvalue weighted by atomic mass is 16.5. The molecule has 0 saturated carbocycles. The molecule has 1 heterocycles. The van der Waals surface area contributed by atoms with Gasteiger partial charge in [-0.25, -0.2) is 0 Å². The lowest BCUT2D eigenvalue weighted by molar-refractivity contribution is 0.0311. The van der Waals surface area contributed by atoms with E-state index in [1.54, 1.807) is 7.11 Å². The quantitative estimate of drug-likeness (QED) is 0.650. The Morgan fingerprint density at radius 3 is 2.86 bits per heavy atom. The van der Waals surface area contributed by atoms with E-state index < -0.39 is 0 Å². The molecular weight excluding hydrogens is 178 g/mol. The van der Waals surface area contributed by atoms with Crippen LogP contribution in [0.1, 0.15) is 26.7 Å². The van der Waals surface area contributed by atoms with E-state index in [2.05, 4.69) is 18.7 Å². The fourth-order valence-electron chi connectivity index (χ4n) is 1.89. The molecule has 0 amide bonds. The van der Waals surface area contributed by atoms with Crippen molar-refractivity contribution >= 4 is 0 Å². The summed E-state index contributed by atoms with van der Waals surface area (Å²) >= 11 is 0. The van der Waals surface area contributed by atoms with E-state index in [9.17, 15) is 0 Å². The van der Waals surface area contributed by atoms with Gasteiger partial charge < -0.3 is 9.47 Å². The third-order valence-corrected chi connectivity index (χ3v) is 2.70. The summed E-state index contributed by atoms with van der Waals surface area (Å²) in [4.78, 5) is 2.48. The first-order valence-corrected chi connectivity index (χ1v) is 5.58. The molecule has 0 aliphatic carbocycles. The largest absolute Gasteiger partial charge is 0.383 e. The Balaban J connectivity index is 2.21. The number of hydrogen-bond acceptors (Lipinski definition) is 3. The normalized spacial score (nSPS) is 23.6. The van der Waals surface area contributed by atoms with E-state index in [1.165, 1.54) is 19.4 Å². The van der Waals surface area contributed by atoms with Gasteiger partial charge in [-0.1, -0.05) is 0 Å². The predicted octanol–water partition coefficient (Wildman–Crippen LogP) is 1.52. The average Bonchev–Trinajstić information content (AvgIpc) is 2.58. The maximum Gasteiger partial charge on any atom is 0.0625 e. The van der Waals surface area contributed by atoms with Crippen LogP contribution in [0.2, 0.25) is 0 Å². The van der Waals surface area contributed by atoms with Gasteiger partial charge in [0.15, 0.2) is 0 Å². The molecule has 3 heteroatoms. The highest BCUT2D eigenvalue weighted by Crippen LogP contribution is 2.17. The van der Waals surface area contributed by atoms with Crippen molar-refractivity contribution in [2.45, 2.75) is 38.8 Å². The summed E-state index contributed by atoms with van der Waals surface area (Å²) in [5, 5.41) is 0. The van der Waals surface area contributed by atoms with Crippen LogP contribution >= 0.6 is 0 Å². The molecule has 1 unspecified atom stereocenters. The summed E-state index contributed by atoms with van der Waals surface area (Å²) in [5.74, 6) is 0. The number of rotatable bonds is 6. The Kier molecular flexibility index (Phi) is 5.45. The fourth-order valence-corrected chi connectivity index (χ4v) is 1.89. The van der Waals surface area contributed by atoms with Crippen molar-refractivity contribution in [3.05, 3.63) is 0 Å². The van der Waals surface area contributed by atoms with E-state index in [1.807, 2.05) is 0 Å². The number of hydrogen-bond donors (Lipinski definition) is 0.